The number of halogens is 1. The molecular formula is C16H22BrN3O2. The van der Waals surface area contributed by atoms with Crippen molar-refractivity contribution in [2.75, 3.05) is 26.2 Å². The number of amides is 2. The second kappa shape index (κ2) is 8.90. The number of hydrogen-bond acceptors (Lipinski definition) is 3. The Hall–Kier alpha value is -1.40. The third kappa shape index (κ3) is 5.77. The number of carbonyl (C=O) groups excluding carboxylic acids is 2. The second-order valence-corrected chi connectivity index (χ2v) is 6.46. The van der Waals surface area contributed by atoms with Crippen LogP contribution in [0.15, 0.2) is 28.7 Å². The molecule has 22 heavy (non-hydrogen) atoms. The van der Waals surface area contributed by atoms with Crippen molar-refractivity contribution >= 4 is 27.7 Å². The summed E-state index contributed by atoms with van der Waals surface area (Å²) < 4.78 is 0.839. The highest BCUT2D eigenvalue weighted by Gasteiger charge is 2.13. The largest absolute Gasteiger partial charge is 0.355 e. The van der Waals surface area contributed by atoms with Crippen molar-refractivity contribution in [3.05, 3.63) is 34.3 Å². The Balaban J connectivity index is 1.63. The lowest BCUT2D eigenvalue weighted by atomic mass is 9.96. The summed E-state index contributed by atoms with van der Waals surface area (Å²) >= 11 is 3.32. The highest BCUT2D eigenvalue weighted by atomic mass is 79.9. The Morgan fingerprint density at radius 3 is 2.91 bits per heavy atom. The predicted octanol–water partition coefficient (Wildman–Crippen LogP) is 1.68. The first-order valence-corrected chi connectivity index (χ1v) is 8.45. The summed E-state index contributed by atoms with van der Waals surface area (Å²) in [5, 5.41) is 8.85. The van der Waals surface area contributed by atoms with E-state index in [1.54, 1.807) is 18.2 Å². The maximum absolute atomic E-state index is 11.9. The Morgan fingerprint density at radius 2 is 2.18 bits per heavy atom. The maximum atomic E-state index is 11.9. The minimum atomic E-state index is -0.243. The van der Waals surface area contributed by atoms with Crippen LogP contribution < -0.4 is 16.0 Å². The molecule has 1 fully saturated rings. The van der Waals surface area contributed by atoms with Crippen LogP contribution >= 0.6 is 15.9 Å². The molecule has 1 aliphatic rings. The van der Waals surface area contributed by atoms with E-state index in [0.717, 1.165) is 24.0 Å². The van der Waals surface area contributed by atoms with Gasteiger partial charge in [0.25, 0.3) is 5.91 Å². The average molecular weight is 368 g/mol. The molecule has 1 aromatic carbocycles. The van der Waals surface area contributed by atoms with E-state index in [0.29, 0.717) is 18.0 Å². The number of rotatable bonds is 6. The molecule has 5 nitrogen and oxygen atoms in total. The van der Waals surface area contributed by atoms with E-state index >= 15 is 0 Å². The molecule has 0 radical (unpaired) electrons. The summed E-state index contributed by atoms with van der Waals surface area (Å²) in [4.78, 5) is 23.6. The van der Waals surface area contributed by atoms with Crippen LogP contribution in [0.5, 0.6) is 0 Å². The van der Waals surface area contributed by atoms with Gasteiger partial charge in [0.05, 0.1) is 6.54 Å². The first-order valence-electron chi connectivity index (χ1n) is 7.66. The van der Waals surface area contributed by atoms with Crippen LogP contribution in [0.3, 0.4) is 0 Å². The van der Waals surface area contributed by atoms with Crippen LogP contribution in [-0.4, -0.2) is 38.0 Å². The van der Waals surface area contributed by atoms with Crippen molar-refractivity contribution in [1.29, 1.82) is 0 Å². The molecule has 2 amide bonds. The molecule has 0 aromatic heterocycles. The van der Waals surface area contributed by atoms with Crippen molar-refractivity contribution in [3.63, 3.8) is 0 Å². The van der Waals surface area contributed by atoms with E-state index in [2.05, 4.69) is 31.9 Å². The number of carbonyl (C=O) groups is 2. The quantitative estimate of drug-likeness (QED) is 0.716. The summed E-state index contributed by atoms with van der Waals surface area (Å²) in [7, 11) is 0. The van der Waals surface area contributed by atoms with E-state index in [-0.39, 0.29) is 18.4 Å². The van der Waals surface area contributed by atoms with Gasteiger partial charge in [0, 0.05) is 16.6 Å². The molecule has 120 valence electrons. The summed E-state index contributed by atoms with van der Waals surface area (Å²) in [6, 6.07) is 7.08. The highest BCUT2D eigenvalue weighted by Crippen LogP contribution is 2.13. The highest BCUT2D eigenvalue weighted by molar-refractivity contribution is 9.10. The summed E-state index contributed by atoms with van der Waals surface area (Å²) in [5.74, 6) is 0.255. The van der Waals surface area contributed by atoms with E-state index in [1.165, 1.54) is 12.8 Å². The van der Waals surface area contributed by atoms with Gasteiger partial charge in [0.15, 0.2) is 0 Å². The van der Waals surface area contributed by atoms with Crippen LogP contribution in [0, 0.1) is 5.92 Å². The molecule has 0 spiro atoms. The third-order valence-electron chi connectivity index (χ3n) is 3.77. The lowest BCUT2D eigenvalue weighted by Crippen LogP contribution is -2.38. The molecule has 3 N–H and O–H groups in total. The van der Waals surface area contributed by atoms with Gasteiger partial charge in [-0.15, -0.1) is 0 Å². The van der Waals surface area contributed by atoms with Crippen LogP contribution in [0.1, 0.15) is 29.6 Å². The Labute approximate surface area is 139 Å². The number of hydrogen-bond donors (Lipinski definition) is 3. The van der Waals surface area contributed by atoms with E-state index < -0.39 is 0 Å². The summed E-state index contributed by atoms with van der Waals surface area (Å²) in [6.45, 7) is 2.81. The van der Waals surface area contributed by atoms with Gasteiger partial charge in [-0.2, -0.15) is 0 Å². The Bertz CT molecular complexity index is 516. The fourth-order valence-electron chi connectivity index (χ4n) is 2.54. The molecule has 1 aliphatic heterocycles. The molecule has 0 aliphatic carbocycles. The molecule has 0 bridgehead atoms. The smallest absolute Gasteiger partial charge is 0.251 e. The van der Waals surface area contributed by atoms with Crippen LogP contribution in [-0.2, 0) is 4.79 Å². The minimum absolute atomic E-state index is 0.00820. The molecule has 1 aromatic rings. The molecule has 1 unspecified atom stereocenters. The normalized spacial score (nSPS) is 17.8. The number of piperidine rings is 1. The Morgan fingerprint density at radius 1 is 1.32 bits per heavy atom. The van der Waals surface area contributed by atoms with Crippen molar-refractivity contribution in [1.82, 2.24) is 16.0 Å². The first-order chi connectivity index (χ1) is 10.6. The first kappa shape index (κ1) is 17.0. The fourth-order valence-corrected chi connectivity index (χ4v) is 2.94. The summed E-state index contributed by atoms with van der Waals surface area (Å²) in [6.07, 6.45) is 3.42. The van der Waals surface area contributed by atoms with Gasteiger partial charge in [-0.25, -0.2) is 0 Å². The average Bonchev–Trinajstić information content (AvgIpc) is 2.53. The second-order valence-electron chi connectivity index (χ2n) is 5.54. The molecule has 6 heteroatoms. The van der Waals surface area contributed by atoms with Gasteiger partial charge in [-0.05, 0) is 56.5 Å². The zero-order valence-electron chi connectivity index (χ0n) is 12.5. The van der Waals surface area contributed by atoms with E-state index in [1.807, 2.05) is 6.07 Å². The van der Waals surface area contributed by atoms with Crippen LogP contribution in [0.25, 0.3) is 0 Å². The zero-order chi connectivity index (χ0) is 15.8. The zero-order valence-corrected chi connectivity index (χ0v) is 14.1. The van der Waals surface area contributed by atoms with E-state index in [9.17, 15) is 9.59 Å². The lowest BCUT2D eigenvalue weighted by molar-refractivity contribution is -0.120. The molecule has 1 saturated heterocycles. The van der Waals surface area contributed by atoms with Crippen molar-refractivity contribution in [2.45, 2.75) is 19.3 Å². The van der Waals surface area contributed by atoms with Crippen molar-refractivity contribution in [2.24, 2.45) is 5.92 Å². The molecule has 0 saturated carbocycles. The maximum Gasteiger partial charge on any atom is 0.251 e. The molecule has 1 atom stereocenters. The SMILES string of the molecule is O=C(CNC(=O)c1cccc(Br)c1)NCCC1CCCNC1. The van der Waals surface area contributed by atoms with Crippen molar-refractivity contribution in [3.8, 4) is 0 Å². The minimum Gasteiger partial charge on any atom is -0.355 e. The molecular weight excluding hydrogens is 346 g/mol. The summed E-state index contributed by atoms with van der Waals surface area (Å²) in [5.41, 5.74) is 0.537. The van der Waals surface area contributed by atoms with Crippen LogP contribution in [0.4, 0.5) is 0 Å². The Kier molecular flexibility index (Phi) is 6.86. The predicted molar refractivity (Wildman–Crippen MR) is 89.7 cm³/mol. The van der Waals surface area contributed by atoms with Gasteiger partial charge in [-0.3, -0.25) is 9.59 Å². The molecule has 2 rings (SSSR count). The van der Waals surface area contributed by atoms with Crippen LogP contribution in [0.2, 0.25) is 0 Å². The number of benzene rings is 1. The van der Waals surface area contributed by atoms with Gasteiger partial charge < -0.3 is 16.0 Å². The van der Waals surface area contributed by atoms with Gasteiger partial charge in [0.1, 0.15) is 0 Å². The molecule has 1 heterocycles. The standard InChI is InChI=1S/C16H22BrN3O2/c17-14-5-1-4-13(9-14)16(22)20-11-15(21)19-8-6-12-3-2-7-18-10-12/h1,4-5,9,12,18H,2-3,6-8,10-11H2,(H,19,21)(H,20,22). The fraction of sp³-hybridized carbons (Fsp3) is 0.500. The van der Waals surface area contributed by atoms with Gasteiger partial charge in [0.2, 0.25) is 5.91 Å². The monoisotopic (exact) mass is 367 g/mol. The topological polar surface area (TPSA) is 70.2 Å². The number of nitrogens with one attached hydrogen (secondary N) is 3. The van der Waals surface area contributed by atoms with Gasteiger partial charge in [-0.1, -0.05) is 22.0 Å². The lowest BCUT2D eigenvalue weighted by Gasteiger charge is -2.22. The van der Waals surface area contributed by atoms with Crippen molar-refractivity contribution < 1.29 is 9.59 Å². The van der Waals surface area contributed by atoms with E-state index in [4.69, 9.17) is 0 Å². The van der Waals surface area contributed by atoms with Gasteiger partial charge >= 0.3 is 0 Å². The third-order valence-corrected chi connectivity index (χ3v) is 4.26.